The molecular formula is C19H17NOS. The van der Waals surface area contributed by atoms with E-state index < -0.39 is 0 Å². The van der Waals surface area contributed by atoms with E-state index in [0.29, 0.717) is 6.42 Å². The second-order valence-corrected chi connectivity index (χ2v) is 6.79. The zero-order chi connectivity index (χ0) is 14.9. The summed E-state index contributed by atoms with van der Waals surface area (Å²) in [4.78, 5) is 16.0. The van der Waals surface area contributed by atoms with Crippen molar-refractivity contribution < 1.29 is 4.79 Å². The number of benzene rings is 2. The first-order valence-corrected chi connectivity index (χ1v) is 8.48. The van der Waals surface area contributed by atoms with Crippen molar-refractivity contribution in [3.8, 4) is 0 Å². The second kappa shape index (κ2) is 5.58. The molecule has 110 valence electrons. The van der Waals surface area contributed by atoms with Crippen molar-refractivity contribution in [3.63, 3.8) is 0 Å². The number of thiophene rings is 1. The van der Waals surface area contributed by atoms with E-state index in [1.807, 2.05) is 17.0 Å². The van der Waals surface area contributed by atoms with Crippen LogP contribution in [0.2, 0.25) is 0 Å². The summed E-state index contributed by atoms with van der Waals surface area (Å²) in [5.74, 6) is 0.229. The average Bonchev–Trinajstić information content (AvgIpc) is 3.02. The van der Waals surface area contributed by atoms with E-state index in [1.54, 1.807) is 11.3 Å². The van der Waals surface area contributed by atoms with E-state index in [1.165, 1.54) is 21.2 Å². The molecule has 2 nitrogen and oxygen atoms in total. The van der Waals surface area contributed by atoms with Crippen molar-refractivity contribution in [2.75, 3.05) is 6.54 Å². The number of carbonyl (C=O) groups excluding carboxylic acids is 1. The lowest BCUT2D eigenvalue weighted by Crippen LogP contribution is -2.36. The first-order valence-electron chi connectivity index (χ1n) is 7.60. The van der Waals surface area contributed by atoms with Crippen LogP contribution in [0.25, 0.3) is 10.8 Å². The van der Waals surface area contributed by atoms with Gasteiger partial charge in [0.2, 0.25) is 5.91 Å². The van der Waals surface area contributed by atoms with E-state index in [2.05, 4.69) is 41.8 Å². The molecule has 0 bridgehead atoms. The third-order valence-corrected chi connectivity index (χ3v) is 5.35. The third kappa shape index (κ3) is 2.53. The van der Waals surface area contributed by atoms with Gasteiger partial charge in [-0.25, -0.2) is 0 Å². The minimum Gasteiger partial charge on any atom is -0.338 e. The van der Waals surface area contributed by atoms with Crippen molar-refractivity contribution in [2.24, 2.45) is 0 Å². The van der Waals surface area contributed by atoms with Gasteiger partial charge in [-0.15, -0.1) is 11.3 Å². The normalized spacial score (nSPS) is 14.1. The van der Waals surface area contributed by atoms with Gasteiger partial charge in [0.15, 0.2) is 0 Å². The van der Waals surface area contributed by atoms with Crippen molar-refractivity contribution >= 4 is 28.0 Å². The van der Waals surface area contributed by atoms with Crippen LogP contribution in [0.3, 0.4) is 0 Å². The van der Waals surface area contributed by atoms with Crippen LogP contribution in [0.5, 0.6) is 0 Å². The fourth-order valence-electron chi connectivity index (χ4n) is 3.10. The summed E-state index contributed by atoms with van der Waals surface area (Å²) >= 11 is 1.81. The van der Waals surface area contributed by atoms with Crippen molar-refractivity contribution in [1.29, 1.82) is 0 Å². The molecule has 2 heterocycles. The molecule has 2 aromatic carbocycles. The molecule has 0 fully saturated rings. The zero-order valence-electron chi connectivity index (χ0n) is 12.3. The van der Waals surface area contributed by atoms with Gasteiger partial charge < -0.3 is 4.90 Å². The fourth-order valence-corrected chi connectivity index (χ4v) is 3.99. The molecule has 3 aromatic rings. The number of fused-ring (bicyclic) bond motifs is 2. The van der Waals surface area contributed by atoms with Gasteiger partial charge >= 0.3 is 0 Å². The molecular weight excluding hydrogens is 290 g/mol. The molecule has 4 rings (SSSR count). The van der Waals surface area contributed by atoms with E-state index >= 15 is 0 Å². The van der Waals surface area contributed by atoms with Gasteiger partial charge in [-0.1, -0.05) is 42.5 Å². The van der Waals surface area contributed by atoms with Gasteiger partial charge in [0.1, 0.15) is 0 Å². The predicted octanol–water partition coefficient (Wildman–Crippen LogP) is 4.03. The van der Waals surface area contributed by atoms with E-state index in [0.717, 1.165) is 25.1 Å². The average molecular weight is 307 g/mol. The van der Waals surface area contributed by atoms with Gasteiger partial charge in [-0.05, 0) is 39.8 Å². The lowest BCUT2D eigenvalue weighted by molar-refractivity contribution is -0.131. The smallest absolute Gasteiger partial charge is 0.227 e. The Morgan fingerprint density at radius 1 is 1.09 bits per heavy atom. The van der Waals surface area contributed by atoms with E-state index in [-0.39, 0.29) is 5.91 Å². The number of rotatable bonds is 2. The van der Waals surface area contributed by atoms with Crippen LogP contribution >= 0.6 is 11.3 Å². The largest absolute Gasteiger partial charge is 0.338 e. The lowest BCUT2D eigenvalue weighted by atomic mass is 10.0. The summed E-state index contributed by atoms with van der Waals surface area (Å²) in [6.45, 7) is 1.62. The molecule has 1 amide bonds. The Kier molecular flexibility index (Phi) is 3.43. The van der Waals surface area contributed by atoms with Crippen LogP contribution in [0.1, 0.15) is 16.0 Å². The number of nitrogens with zero attached hydrogens (tertiary/aromatic N) is 1. The number of carbonyl (C=O) groups is 1. The first-order chi connectivity index (χ1) is 10.8. The molecule has 0 radical (unpaired) electrons. The standard InChI is InChI=1S/C19H17NOS/c21-19(20-9-7-18-17(13-20)8-10-22-18)12-14-5-6-15-3-1-2-4-16(15)11-14/h1-6,8,10-11H,7,9,12-13H2. The fraction of sp³-hybridized carbons (Fsp3) is 0.211. The minimum absolute atomic E-state index is 0.229. The first kappa shape index (κ1) is 13.5. The van der Waals surface area contributed by atoms with E-state index in [9.17, 15) is 4.79 Å². The maximum atomic E-state index is 12.6. The van der Waals surface area contributed by atoms with Crippen molar-refractivity contribution in [3.05, 3.63) is 69.9 Å². The maximum absolute atomic E-state index is 12.6. The molecule has 1 aliphatic rings. The summed E-state index contributed by atoms with van der Waals surface area (Å²) in [6.07, 6.45) is 1.49. The second-order valence-electron chi connectivity index (χ2n) is 5.79. The van der Waals surface area contributed by atoms with Crippen LogP contribution in [-0.2, 0) is 24.2 Å². The van der Waals surface area contributed by atoms with E-state index in [4.69, 9.17) is 0 Å². The van der Waals surface area contributed by atoms with Crippen molar-refractivity contribution in [2.45, 2.75) is 19.4 Å². The Bertz CT molecular complexity index is 836. The molecule has 0 spiro atoms. The third-order valence-electron chi connectivity index (χ3n) is 4.33. The number of hydrogen-bond acceptors (Lipinski definition) is 2. The molecule has 0 unspecified atom stereocenters. The highest BCUT2D eigenvalue weighted by atomic mass is 32.1. The highest BCUT2D eigenvalue weighted by molar-refractivity contribution is 7.10. The predicted molar refractivity (Wildman–Crippen MR) is 91.1 cm³/mol. The van der Waals surface area contributed by atoms with Gasteiger partial charge in [-0.2, -0.15) is 0 Å². The van der Waals surface area contributed by atoms with Gasteiger partial charge in [-0.3, -0.25) is 4.79 Å². The van der Waals surface area contributed by atoms with Gasteiger partial charge in [0.25, 0.3) is 0 Å². The Balaban J connectivity index is 1.51. The Morgan fingerprint density at radius 3 is 2.86 bits per heavy atom. The zero-order valence-corrected chi connectivity index (χ0v) is 13.1. The molecule has 1 aromatic heterocycles. The minimum atomic E-state index is 0.229. The molecule has 0 saturated carbocycles. The van der Waals surface area contributed by atoms with Gasteiger partial charge in [0, 0.05) is 18.0 Å². The quantitative estimate of drug-likeness (QED) is 0.700. The van der Waals surface area contributed by atoms with Crippen LogP contribution in [0.15, 0.2) is 53.9 Å². The molecule has 0 N–H and O–H groups in total. The SMILES string of the molecule is O=C(Cc1ccc2ccccc2c1)N1CCc2sccc2C1. The maximum Gasteiger partial charge on any atom is 0.227 e. The van der Waals surface area contributed by atoms with Gasteiger partial charge in [0.05, 0.1) is 6.42 Å². The highest BCUT2D eigenvalue weighted by Crippen LogP contribution is 2.24. The lowest BCUT2D eigenvalue weighted by Gasteiger charge is -2.27. The highest BCUT2D eigenvalue weighted by Gasteiger charge is 2.21. The van der Waals surface area contributed by atoms with Crippen LogP contribution in [0, 0.1) is 0 Å². The summed E-state index contributed by atoms with van der Waals surface area (Å²) < 4.78 is 0. The van der Waals surface area contributed by atoms with Crippen LogP contribution in [0.4, 0.5) is 0 Å². The molecule has 22 heavy (non-hydrogen) atoms. The number of amides is 1. The summed E-state index contributed by atoms with van der Waals surface area (Å²) in [6, 6.07) is 16.7. The Morgan fingerprint density at radius 2 is 1.95 bits per heavy atom. The molecule has 3 heteroatoms. The van der Waals surface area contributed by atoms with Crippen LogP contribution < -0.4 is 0 Å². The van der Waals surface area contributed by atoms with Crippen LogP contribution in [-0.4, -0.2) is 17.4 Å². The monoisotopic (exact) mass is 307 g/mol. The molecule has 0 atom stereocenters. The van der Waals surface area contributed by atoms with Crippen molar-refractivity contribution in [1.82, 2.24) is 4.90 Å². The topological polar surface area (TPSA) is 20.3 Å². The summed E-state index contributed by atoms with van der Waals surface area (Å²) in [5.41, 5.74) is 2.42. The molecule has 0 aliphatic carbocycles. The Hall–Kier alpha value is -2.13. The molecule has 0 saturated heterocycles. The summed E-state index contributed by atoms with van der Waals surface area (Å²) in [7, 11) is 0. The Labute approximate surface area is 134 Å². The number of hydrogen-bond donors (Lipinski definition) is 0. The summed E-state index contributed by atoms with van der Waals surface area (Å²) in [5, 5.41) is 4.55. The molecule has 1 aliphatic heterocycles.